The number of esters is 1. The van der Waals surface area contributed by atoms with Gasteiger partial charge in [-0.05, 0) is 13.0 Å². The maximum absolute atomic E-state index is 12.5. The van der Waals surface area contributed by atoms with Gasteiger partial charge in [-0.2, -0.15) is 0 Å². The number of carbonyl (C=O) groups excluding carboxylic acids is 1. The number of aromatic nitrogens is 3. The number of nitrogens with zero attached hydrogens (tertiary/aromatic N) is 3. The van der Waals surface area contributed by atoms with Crippen molar-refractivity contribution >= 4 is 23.0 Å². The second kappa shape index (κ2) is 6.76. The number of nitrogens with one attached hydrogen (secondary N) is 2. The first-order chi connectivity index (χ1) is 11.7. The zero-order valence-electron chi connectivity index (χ0n) is 13.7. The van der Waals surface area contributed by atoms with Gasteiger partial charge in [0.2, 0.25) is 5.95 Å². The van der Waals surface area contributed by atoms with Crippen LogP contribution in [0, 0.1) is 11.8 Å². The Morgan fingerprint density at radius 3 is 2.83 bits per heavy atom. The van der Waals surface area contributed by atoms with Gasteiger partial charge in [0.25, 0.3) is 5.56 Å². The summed E-state index contributed by atoms with van der Waals surface area (Å²) in [5.74, 6) is 5.93. The highest BCUT2D eigenvalue weighted by molar-refractivity contribution is 5.91. The van der Waals surface area contributed by atoms with Gasteiger partial charge in [0.15, 0.2) is 0 Å². The summed E-state index contributed by atoms with van der Waals surface area (Å²) in [5, 5.41) is 3.29. The average Bonchev–Trinajstić information content (AvgIpc) is 2.99. The number of imidazole rings is 1. The van der Waals surface area contributed by atoms with Crippen LogP contribution in [0.3, 0.4) is 0 Å². The Morgan fingerprint density at radius 2 is 2.17 bits per heavy atom. The van der Waals surface area contributed by atoms with E-state index >= 15 is 0 Å². The van der Waals surface area contributed by atoms with Gasteiger partial charge in [-0.3, -0.25) is 9.36 Å². The Bertz CT molecular complexity index is 881. The van der Waals surface area contributed by atoms with Gasteiger partial charge in [-0.15, -0.1) is 5.92 Å². The Labute approximate surface area is 138 Å². The lowest BCUT2D eigenvalue weighted by molar-refractivity contribution is 0.0594. The molecular formula is C16H19N5O3. The first-order valence-corrected chi connectivity index (χ1v) is 7.73. The van der Waals surface area contributed by atoms with Gasteiger partial charge >= 0.3 is 5.97 Å². The number of hydrogen-bond acceptors (Lipinski definition) is 6. The molecule has 0 aromatic carbocycles. The molecule has 0 aliphatic carbocycles. The lowest BCUT2D eigenvalue weighted by Gasteiger charge is -2.28. The molecule has 1 saturated heterocycles. The van der Waals surface area contributed by atoms with Gasteiger partial charge in [0.1, 0.15) is 11.2 Å². The first-order valence-electron chi connectivity index (χ1n) is 7.73. The molecule has 8 nitrogen and oxygen atoms in total. The molecule has 2 N–H and O–H groups in total. The highest BCUT2D eigenvalue weighted by Crippen LogP contribution is 2.21. The fourth-order valence-corrected chi connectivity index (χ4v) is 2.79. The van der Waals surface area contributed by atoms with E-state index in [2.05, 4.69) is 36.8 Å². The van der Waals surface area contributed by atoms with Crippen LogP contribution in [0.2, 0.25) is 0 Å². The molecule has 0 unspecified atom stereocenters. The van der Waals surface area contributed by atoms with Crippen molar-refractivity contribution in [1.29, 1.82) is 0 Å². The Balaban J connectivity index is 2.18. The van der Waals surface area contributed by atoms with Crippen molar-refractivity contribution in [1.82, 2.24) is 19.9 Å². The van der Waals surface area contributed by atoms with Crippen LogP contribution in [0.4, 0.5) is 5.95 Å². The predicted molar refractivity (Wildman–Crippen MR) is 90.2 cm³/mol. The maximum Gasteiger partial charge on any atom is 0.354 e. The average molecular weight is 329 g/mol. The zero-order chi connectivity index (χ0) is 17.1. The summed E-state index contributed by atoms with van der Waals surface area (Å²) in [6, 6.07) is 1.55. The highest BCUT2D eigenvalue weighted by Gasteiger charge is 2.22. The molecule has 2 aromatic heterocycles. The van der Waals surface area contributed by atoms with E-state index in [1.165, 1.54) is 7.11 Å². The molecule has 0 amide bonds. The molecule has 126 valence electrons. The zero-order valence-corrected chi connectivity index (χ0v) is 13.7. The number of pyridine rings is 1. The summed E-state index contributed by atoms with van der Waals surface area (Å²) < 4.78 is 6.48. The van der Waals surface area contributed by atoms with Gasteiger partial charge in [0.05, 0.1) is 19.2 Å². The van der Waals surface area contributed by atoms with Gasteiger partial charge in [0, 0.05) is 26.2 Å². The molecule has 0 atom stereocenters. The lowest BCUT2D eigenvalue weighted by atomic mass is 10.3. The van der Waals surface area contributed by atoms with Crippen molar-refractivity contribution in [3.8, 4) is 11.8 Å². The van der Waals surface area contributed by atoms with Crippen LogP contribution in [0.5, 0.6) is 0 Å². The van der Waals surface area contributed by atoms with E-state index in [-0.39, 0.29) is 11.3 Å². The third-order valence-electron chi connectivity index (χ3n) is 3.94. The minimum atomic E-state index is -0.597. The van der Waals surface area contributed by atoms with Crippen molar-refractivity contribution in [3.05, 3.63) is 22.1 Å². The second-order valence-corrected chi connectivity index (χ2v) is 5.40. The molecular weight excluding hydrogens is 310 g/mol. The summed E-state index contributed by atoms with van der Waals surface area (Å²) in [6.07, 6.45) is 0. The van der Waals surface area contributed by atoms with Gasteiger partial charge in [-0.25, -0.2) is 9.78 Å². The minimum Gasteiger partial charge on any atom is -0.464 e. The molecule has 3 rings (SSSR count). The summed E-state index contributed by atoms with van der Waals surface area (Å²) >= 11 is 0. The van der Waals surface area contributed by atoms with E-state index in [0.29, 0.717) is 23.5 Å². The number of carbonyl (C=O) groups is 1. The molecule has 1 aliphatic rings. The first kappa shape index (κ1) is 16.1. The number of methoxy groups -OCH3 is 1. The Kier molecular flexibility index (Phi) is 4.53. The van der Waals surface area contributed by atoms with E-state index in [0.717, 1.165) is 26.2 Å². The molecule has 24 heavy (non-hydrogen) atoms. The summed E-state index contributed by atoms with van der Waals surface area (Å²) in [4.78, 5) is 33.5. The number of ether oxygens (including phenoxy) is 1. The minimum absolute atomic E-state index is 0.0908. The Morgan fingerprint density at radius 1 is 1.42 bits per heavy atom. The fraction of sp³-hybridized carbons (Fsp3) is 0.438. The summed E-state index contributed by atoms with van der Waals surface area (Å²) in [7, 11) is 1.27. The monoisotopic (exact) mass is 329 g/mol. The fourth-order valence-electron chi connectivity index (χ4n) is 2.79. The molecule has 0 spiro atoms. The number of rotatable bonds is 3. The summed E-state index contributed by atoms with van der Waals surface area (Å²) in [6.45, 7) is 5.42. The SMILES string of the molecule is CC#CCn1c(N2CCNCC2)nc2cc(C(=O)OC)[nH]c(=O)c21. The third-order valence-corrected chi connectivity index (χ3v) is 3.94. The predicted octanol–water partition coefficient (Wildman–Crippen LogP) is -0.0559. The Hall–Kier alpha value is -2.79. The molecule has 0 radical (unpaired) electrons. The van der Waals surface area contributed by atoms with E-state index in [9.17, 15) is 9.59 Å². The molecule has 1 aliphatic heterocycles. The molecule has 8 heteroatoms. The lowest BCUT2D eigenvalue weighted by Crippen LogP contribution is -2.44. The van der Waals surface area contributed by atoms with Crippen molar-refractivity contribution in [2.24, 2.45) is 0 Å². The van der Waals surface area contributed by atoms with Crippen molar-refractivity contribution in [2.45, 2.75) is 13.5 Å². The second-order valence-electron chi connectivity index (χ2n) is 5.40. The largest absolute Gasteiger partial charge is 0.464 e. The van der Waals surface area contributed by atoms with Crippen molar-refractivity contribution in [3.63, 3.8) is 0 Å². The molecule has 0 bridgehead atoms. The number of H-pyrrole nitrogens is 1. The van der Waals surface area contributed by atoms with Crippen molar-refractivity contribution in [2.75, 3.05) is 38.2 Å². The number of aromatic amines is 1. The van der Waals surface area contributed by atoms with E-state index < -0.39 is 5.97 Å². The van der Waals surface area contributed by atoms with E-state index in [4.69, 9.17) is 0 Å². The number of anilines is 1. The van der Waals surface area contributed by atoms with E-state index in [1.807, 2.05) is 0 Å². The highest BCUT2D eigenvalue weighted by atomic mass is 16.5. The molecule has 2 aromatic rings. The van der Waals surface area contributed by atoms with E-state index in [1.54, 1.807) is 17.6 Å². The topological polar surface area (TPSA) is 92.2 Å². The molecule has 1 fully saturated rings. The smallest absolute Gasteiger partial charge is 0.354 e. The van der Waals surface area contributed by atoms with Crippen LogP contribution in [0.15, 0.2) is 10.9 Å². The maximum atomic E-state index is 12.5. The third kappa shape index (κ3) is 2.86. The number of piperazine rings is 1. The van der Waals surface area contributed by atoms with Gasteiger partial charge < -0.3 is 19.9 Å². The number of hydrogen-bond donors (Lipinski definition) is 2. The molecule has 3 heterocycles. The van der Waals surface area contributed by atoms with Crippen LogP contribution in [0.1, 0.15) is 17.4 Å². The molecule has 0 saturated carbocycles. The van der Waals surface area contributed by atoms with Crippen LogP contribution in [-0.4, -0.2) is 53.8 Å². The quantitative estimate of drug-likeness (QED) is 0.606. The van der Waals surface area contributed by atoms with Crippen molar-refractivity contribution < 1.29 is 9.53 Å². The normalized spacial score (nSPS) is 14.3. The van der Waals surface area contributed by atoms with Crippen LogP contribution in [-0.2, 0) is 11.3 Å². The van der Waals surface area contributed by atoms with Crippen LogP contribution in [0.25, 0.3) is 11.0 Å². The summed E-state index contributed by atoms with van der Waals surface area (Å²) in [5.41, 5.74) is 0.595. The van der Waals surface area contributed by atoms with Crippen LogP contribution < -0.4 is 15.8 Å². The number of fused-ring (bicyclic) bond motifs is 1. The van der Waals surface area contributed by atoms with Gasteiger partial charge in [-0.1, -0.05) is 5.92 Å². The standard InChI is InChI=1S/C16H19N5O3/c1-3-4-7-21-13-11(10-12(15(23)24-2)18-14(13)22)19-16(21)20-8-5-17-6-9-20/h10,17H,5-9H2,1-2H3,(H,18,22). The van der Waals surface area contributed by atoms with Crippen LogP contribution >= 0.6 is 0 Å².